The fourth-order valence-electron chi connectivity index (χ4n) is 4.71. The van der Waals surface area contributed by atoms with Crippen LogP contribution in [0.15, 0.2) is 66.0 Å². The number of thiophene rings is 1. The molecule has 0 saturated carbocycles. The number of benzene rings is 2. The molecule has 0 amide bonds. The molecular formula is C26H30N2O2S. The van der Waals surface area contributed by atoms with Crippen LogP contribution < -0.4 is 4.74 Å². The third-order valence-electron chi connectivity index (χ3n) is 6.52. The van der Waals surface area contributed by atoms with Crippen LogP contribution in [0.5, 0.6) is 5.75 Å². The maximum Gasteiger partial charge on any atom is 0.118 e. The third-order valence-corrected chi connectivity index (χ3v) is 7.54. The minimum atomic E-state index is 0.197. The number of nitrogens with zero attached hydrogens (tertiary/aromatic N) is 2. The van der Waals surface area contributed by atoms with Gasteiger partial charge in [-0.1, -0.05) is 42.5 Å². The van der Waals surface area contributed by atoms with Crippen molar-refractivity contribution >= 4 is 11.3 Å². The summed E-state index contributed by atoms with van der Waals surface area (Å²) in [7, 11) is 1.71. The fourth-order valence-corrected chi connectivity index (χ4v) is 5.71. The van der Waals surface area contributed by atoms with Crippen LogP contribution in [0.4, 0.5) is 0 Å². The Morgan fingerprint density at radius 1 is 0.935 bits per heavy atom. The van der Waals surface area contributed by atoms with Gasteiger partial charge in [-0.05, 0) is 40.3 Å². The van der Waals surface area contributed by atoms with E-state index < -0.39 is 0 Å². The van der Waals surface area contributed by atoms with Gasteiger partial charge in [0.15, 0.2) is 0 Å². The molecule has 2 atom stereocenters. The first-order valence-corrected chi connectivity index (χ1v) is 12.0. The van der Waals surface area contributed by atoms with E-state index in [4.69, 9.17) is 9.47 Å². The fraction of sp³-hybridized carbons (Fsp3) is 0.385. The maximum absolute atomic E-state index is 6.42. The van der Waals surface area contributed by atoms with E-state index in [-0.39, 0.29) is 6.10 Å². The molecule has 2 aliphatic heterocycles. The van der Waals surface area contributed by atoms with Gasteiger partial charge in [-0.15, -0.1) is 11.3 Å². The molecular weight excluding hydrogens is 404 g/mol. The summed E-state index contributed by atoms with van der Waals surface area (Å²) in [5, 5.41) is 2.23. The van der Waals surface area contributed by atoms with Crippen LogP contribution in [0.1, 0.15) is 33.6 Å². The van der Waals surface area contributed by atoms with E-state index in [1.165, 1.54) is 21.6 Å². The summed E-state index contributed by atoms with van der Waals surface area (Å²) in [4.78, 5) is 6.53. The van der Waals surface area contributed by atoms with E-state index in [9.17, 15) is 0 Å². The standard InChI is InChI=1S/C26H30N2O2S/c1-29-22-9-7-20(8-10-22)17-27-12-14-28(15-13-27)18-25-26-23(11-16-31-26)24(19-30-25)21-5-3-2-4-6-21/h2-11,16,24-25H,12-15,17-19H2,1H3. The van der Waals surface area contributed by atoms with Crippen LogP contribution >= 0.6 is 11.3 Å². The van der Waals surface area contributed by atoms with Crippen molar-refractivity contribution in [3.63, 3.8) is 0 Å². The van der Waals surface area contributed by atoms with Gasteiger partial charge in [0, 0.05) is 50.1 Å². The molecule has 1 saturated heterocycles. The summed E-state index contributed by atoms with van der Waals surface area (Å²) < 4.78 is 11.7. The lowest BCUT2D eigenvalue weighted by molar-refractivity contribution is 0.000582. The number of rotatable bonds is 6. The van der Waals surface area contributed by atoms with Gasteiger partial charge in [0.25, 0.3) is 0 Å². The van der Waals surface area contributed by atoms with Crippen molar-refractivity contribution in [2.75, 3.05) is 46.4 Å². The second-order valence-corrected chi connectivity index (χ2v) is 9.40. The SMILES string of the molecule is COc1ccc(CN2CCN(CC3OCC(c4ccccc4)c4ccsc43)CC2)cc1. The number of ether oxygens (including phenoxy) is 2. The topological polar surface area (TPSA) is 24.9 Å². The average molecular weight is 435 g/mol. The van der Waals surface area contributed by atoms with Gasteiger partial charge in [0.1, 0.15) is 11.9 Å². The van der Waals surface area contributed by atoms with Crippen molar-refractivity contribution in [2.45, 2.75) is 18.6 Å². The number of hydrogen-bond acceptors (Lipinski definition) is 5. The van der Waals surface area contributed by atoms with E-state index in [1.54, 1.807) is 7.11 Å². The molecule has 0 N–H and O–H groups in total. The highest BCUT2D eigenvalue weighted by atomic mass is 32.1. The van der Waals surface area contributed by atoms with Gasteiger partial charge in [0.05, 0.1) is 13.7 Å². The van der Waals surface area contributed by atoms with Crippen LogP contribution in [-0.2, 0) is 11.3 Å². The number of fused-ring (bicyclic) bond motifs is 1. The van der Waals surface area contributed by atoms with Crippen molar-refractivity contribution in [2.24, 2.45) is 0 Å². The molecule has 0 bridgehead atoms. The zero-order chi connectivity index (χ0) is 21.0. The quantitative estimate of drug-likeness (QED) is 0.558. The van der Waals surface area contributed by atoms with Crippen LogP contribution in [0.3, 0.4) is 0 Å². The lowest BCUT2D eigenvalue weighted by atomic mass is 9.89. The van der Waals surface area contributed by atoms with E-state index in [1.807, 2.05) is 23.5 Å². The summed E-state index contributed by atoms with van der Waals surface area (Å²) >= 11 is 1.85. The van der Waals surface area contributed by atoms with Crippen molar-refractivity contribution < 1.29 is 9.47 Å². The Kier molecular flexibility index (Phi) is 6.37. The third kappa shape index (κ3) is 4.70. The molecule has 5 rings (SSSR count). The Hall–Kier alpha value is -2.18. The monoisotopic (exact) mass is 434 g/mol. The summed E-state index contributed by atoms with van der Waals surface area (Å²) in [6, 6.07) is 21.5. The van der Waals surface area contributed by atoms with E-state index >= 15 is 0 Å². The number of hydrogen-bond donors (Lipinski definition) is 0. The molecule has 3 heterocycles. The Labute approximate surface area is 189 Å². The Morgan fingerprint density at radius 3 is 2.42 bits per heavy atom. The minimum Gasteiger partial charge on any atom is -0.497 e. The molecule has 2 aromatic carbocycles. The average Bonchev–Trinajstić information content (AvgIpc) is 3.32. The molecule has 0 aliphatic carbocycles. The van der Waals surface area contributed by atoms with Crippen molar-refractivity contribution in [1.29, 1.82) is 0 Å². The van der Waals surface area contributed by atoms with E-state index in [2.05, 4.69) is 63.7 Å². The maximum atomic E-state index is 6.42. The summed E-state index contributed by atoms with van der Waals surface area (Å²) in [6.45, 7) is 7.16. The predicted octanol–water partition coefficient (Wildman–Crippen LogP) is 4.78. The Balaban J connectivity index is 1.17. The number of methoxy groups -OCH3 is 1. The van der Waals surface area contributed by atoms with Crippen LogP contribution in [0.25, 0.3) is 0 Å². The first kappa shape index (κ1) is 20.7. The van der Waals surface area contributed by atoms with Crippen molar-refractivity contribution in [3.8, 4) is 5.75 Å². The zero-order valence-electron chi connectivity index (χ0n) is 18.1. The highest BCUT2D eigenvalue weighted by molar-refractivity contribution is 7.10. The lowest BCUT2D eigenvalue weighted by Crippen LogP contribution is -2.47. The van der Waals surface area contributed by atoms with Gasteiger partial charge in [-0.3, -0.25) is 9.80 Å². The molecule has 4 nitrogen and oxygen atoms in total. The molecule has 162 valence electrons. The van der Waals surface area contributed by atoms with Gasteiger partial charge in [0.2, 0.25) is 0 Å². The van der Waals surface area contributed by atoms with E-state index in [0.29, 0.717) is 5.92 Å². The first-order chi connectivity index (χ1) is 15.3. The largest absolute Gasteiger partial charge is 0.497 e. The predicted molar refractivity (Wildman–Crippen MR) is 126 cm³/mol. The van der Waals surface area contributed by atoms with Crippen LogP contribution in [0, 0.1) is 0 Å². The van der Waals surface area contributed by atoms with Gasteiger partial charge in [-0.25, -0.2) is 0 Å². The van der Waals surface area contributed by atoms with Crippen LogP contribution in [0.2, 0.25) is 0 Å². The zero-order valence-corrected chi connectivity index (χ0v) is 18.9. The molecule has 0 radical (unpaired) electrons. The Bertz CT molecular complexity index is 965. The first-order valence-electron chi connectivity index (χ1n) is 11.1. The number of piperazine rings is 1. The molecule has 31 heavy (non-hydrogen) atoms. The summed E-state index contributed by atoms with van der Waals surface area (Å²) in [5.74, 6) is 1.28. The smallest absolute Gasteiger partial charge is 0.118 e. The molecule has 2 unspecified atom stereocenters. The molecule has 0 spiro atoms. The van der Waals surface area contributed by atoms with Crippen molar-refractivity contribution in [1.82, 2.24) is 9.80 Å². The van der Waals surface area contributed by atoms with Crippen molar-refractivity contribution in [3.05, 3.63) is 87.6 Å². The molecule has 3 aromatic rings. The molecule has 1 aromatic heterocycles. The highest BCUT2D eigenvalue weighted by Gasteiger charge is 2.32. The van der Waals surface area contributed by atoms with Gasteiger partial charge in [-0.2, -0.15) is 0 Å². The van der Waals surface area contributed by atoms with Gasteiger partial charge < -0.3 is 9.47 Å². The summed E-state index contributed by atoms with van der Waals surface area (Å²) in [6.07, 6.45) is 0.197. The molecule has 5 heteroatoms. The second-order valence-electron chi connectivity index (χ2n) is 8.45. The lowest BCUT2D eigenvalue weighted by Gasteiger charge is -2.38. The second kappa shape index (κ2) is 9.53. The Morgan fingerprint density at radius 2 is 1.68 bits per heavy atom. The summed E-state index contributed by atoms with van der Waals surface area (Å²) in [5.41, 5.74) is 4.17. The van der Waals surface area contributed by atoms with Gasteiger partial charge >= 0.3 is 0 Å². The highest BCUT2D eigenvalue weighted by Crippen LogP contribution is 2.41. The molecule has 1 fully saturated rings. The van der Waals surface area contributed by atoms with Crippen LogP contribution in [-0.4, -0.2) is 56.2 Å². The minimum absolute atomic E-state index is 0.197. The van der Waals surface area contributed by atoms with E-state index in [0.717, 1.165) is 51.6 Å². The molecule has 2 aliphatic rings. The normalized spacial score (nSPS) is 22.2.